The van der Waals surface area contributed by atoms with Crippen molar-refractivity contribution in [1.29, 1.82) is 0 Å². The molecule has 0 aromatic heterocycles. The van der Waals surface area contributed by atoms with Crippen LogP contribution in [-0.4, -0.2) is 55.5 Å². The molecule has 0 atom stereocenters. The number of halogens is 1. The lowest BCUT2D eigenvalue weighted by molar-refractivity contribution is 0.0664. The number of rotatable bonds is 4. The largest absolute Gasteiger partial charge is 0.382 e. The normalized spacial score (nSPS) is 16.3. The number of anilines is 1. The summed E-state index contributed by atoms with van der Waals surface area (Å²) in [6.45, 7) is 3.93. The molecule has 1 N–H and O–H groups in total. The molecule has 5 heteroatoms. The van der Waals surface area contributed by atoms with Crippen molar-refractivity contribution in [1.82, 2.24) is 9.80 Å². The fourth-order valence-corrected chi connectivity index (χ4v) is 2.81. The van der Waals surface area contributed by atoms with Gasteiger partial charge in [0, 0.05) is 25.7 Å². The zero-order valence-corrected chi connectivity index (χ0v) is 13.0. The quantitative estimate of drug-likeness (QED) is 0.926. The van der Waals surface area contributed by atoms with Gasteiger partial charge < -0.3 is 15.1 Å². The number of piperidine rings is 1. The Labute approximate surface area is 125 Å². The summed E-state index contributed by atoms with van der Waals surface area (Å²) in [5.74, 6) is -0.450. The van der Waals surface area contributed by atoms with E-state index >= 15 is 0 Å². The summed E-state index contributed by atoms with van der Waals surface area (Å²) in [6, 6.07) is 5.19. The second kappa shape index (κ2) is 6.89. The molecule has 1 heterocycles. The molecule has 1 aliphatic rings. The average Bonchev–Trinajstić information content (AvgIpc) is 2.49. The average molecular weight is 293 g/mol. The number of likely N-dealkylation sites (tertiary alicyclic amines) is 1. The topological polar surface area (TPSA) is 35.6 Å². The van der Waals surface area contributed by atoms with Gasteiger partial charge in [0.1, 0.15) is 5.82 Å². The third-order valence-corrected chi connectivity index (χ3v) is 4.08. The van der Waals surface area contributed by atoms with Crippen molar-refractivity contribution < 1.29 is 9.18 Å². The molecule has 0 bridgehead atoms. The van der Waals surface area contributed by atoms with E-state index in [9.17, 15) is 9.18 Å². The van der Waals surface area contributed by atoms with Gasteiger partial charge in [-0.05, 0) is 46.0 Å². The molecule has 21 heavy (non-hydrogen) atoms. The first-order valence-electron chi connectivity index (χ1n) is 7.52. The van der Waals surface area contributed by atoms with Crippen LogP contribution in [0.4, 0.5) is 10.1 Å². The van der Waals surface area contributed by atoms with Crippen LogP contribution in [-0.2, 0) is 0 Å². The van der Waals surface area contributed by atoms with Gasteiger partial charge in [-0.15, -0.1) is 0 Å². The molecule has 0 spiro atoms. The third kappa shape index (κ3) is 3.53. The minimum absolute atomic E-state index is 0.0809. The number of carbonyl (C=O) groups excluding carboxylic acids is 1. The minimum Gasteiger partial charge on any atom is -0.382 e. The van der Waals surface area contributed by atoms with Gasteiger partial charge in [-0.1, -0.05) is 6.07 Å². The van der Waals surface area contributed by atoms with Crippen LogP contribution < -0.4 is 5.32 Å². The van der Waals surface area contributed by atoms with E-state index in [4.69, 9.17) is 0 Å². The van der Waals surface area contributed by atoms with E-state index in [1.807, 2.05) is 11.8 Å². The van der Waals surface area contributed by atoms with Gasteiger partial charge in [0.2, 0.25) is 0 Å². The van der Waals surface area contributed by atoms with Crippen LogP contribution in [0.2, 0.25) is 0 Å². The highest BCUT2D eigenvalue weighted by Crippen LogP contribution is 2.23. The lowest BCUT2D eigenvalue weighted by atomic mass is 10.0. The van der Waals surface area contributed by atoms with Crippen molar-refractivity contribution in [2.75, 3.05) is 39.0 Å². The molecular formula is C16H24FN3O. The lowest BCUT2D eigenvalue weighted by Gasteiger charge is -2.35. The van der Waals surface area contributed by atoms with E-state index in [-0.39, 0.29) is 11.7 Å². The van der Waals surface area contributed by atoms with E-state index in [2.05, 4.69) is 24.3 Å². The summed E-state index contributed by atoms with van der Waals surface area (Å²) in [4.78, 5) is 16.7. The van der Waals surface area contributed by atoms with Gasteiger partial charge in [-0.25, -0.2) is 4.39 Å². The van der Waals surface area contributed by atoms with Crippen LogP contribution in [0.15, 0.2) is 18.2 Å². The number of benzene rings is 1. The van der Waals surface area contributed by atoms with Crippen molar-refractivity contribution >= 4 is 11.6 Å². The maximum atomic E-state index is 13.9. The second-order valence-corrected chi connectivity index (χ2v) is 5.68. The molecule has 1 fully saturated rings. The van der Waals surface area contributed by atoms with Crippen molar-refractivity contribution in [3.05, 3.63) is 29.6 Å². The number of carbonyl (C=O) groups is 1. The molecule has 2 rings (SSSR count). The minimum atomic E-state index is -0.370. The van der Waals surface area contributed by atoms with Gasteiger partial charge in [0.15, 0.2) is 0 Å². The smallest absolute Gasteiger partial charge is 0.256 e. The zero-order chi connectivity index (χ0) is 15.4. The van der Waals surface area contributed by atoms with E-state index < -0.39 is 0 Å². The summed E-state index contributed by atoms with van der Waals surface area (Å²) >= 11 is 0. The van der Waals surface area contributed by atoms with E-state index in [1.54, 1.807) is 12.1 Å². The van der Waals surface area contributed by atoms with Crippen LogP contribution in [0.1, 0.15) is 30.1 Å². The summed E-state index contributed by atoms with van der Waals surface area (Å²) in [5.41, 5.74) is 0.750. The second-order valence-electron chi connectivity index (χ2n) is 5.68. The highest BCUT2D eigenvalue weighted by molar-refractivity contribution is 5.99. The number of hydrogen-bond acceptors (Lipinski definition) is 3. The molecule has 1 saturated heterocycles. The molecule has 1 amide bonds. The number of hydrogen-bond donors (Lipinski definition) is 1. The van der Waals surface area contributed by atoms with Gasteiger partial charge in [0.05, 0.1) is 11.3 Å². The van der Waals surface area contributed by atoms with Crippen LogP contribution in [0, 0.1) is 5.82 Å². The molecular weight excluding hydrogens is 269 g/mol. The molecule has 1 aliphatic heterocycles. The van der Waals surface area contributed by atoms with Gasteiger partial charge in [-0.2, -0.15) is 0 Å². The first-order valence-corrected chi connectivity index (χ1v) is 7.52. The molecule has 0 aliphatic carbocycles. The summed E-state index contributed by atoms with van der Waals surface area (Å²) in [7, 11) is 4.13. The molecule has 0 unspecified atom stereocenters. The van der Waals surface area contributed by atoms with Crippen molar-refractivity contribution in [3.8, 4) is 0 Å². The first-order chi connectivity index (χ1) is 10.0. The van der Waals surface area contributed by atoms with Gasteiger partial charge in [0.25, 0.3) is 5.91 Å². The van der Waals surface area contributed by atoms with Crippen LogP contribution >= 0.6 is 0 Å². The van der Waals surface area contributed by atoms with Crippen molar-refractivity contribution in [2.45, 2.75) is 25.8 Å². The van der Waals surface area contributed by atoms with Crippen LogP contribution in [0.5, 0.6) is 0 Å². The fraction of sp³-hybridized carbons (Fsp3) is 0.562. The number of nitrogens with zero attached hydrogens (tertiary/aromatic N) is 2. The van der Waals surface area contributed by atoms with Crippen molar-refractivity contribution in [2.24, 2.45) is 0 Å². The number of nitrogens with one attached hydrogen (secondary N) is 1. The maximum absolute atomic E-state index is 13.9. The summed E-state index contributed by atoms with van der Waals surface area (Å²) in [6.07, 6.45) is 1.93. The Morgan fingerprint density at radius 1 is 1.38 bits per heavy atom. The van der Waals surface area contributed by atoms with E-state index in [0.717, 1.165) is 25.9 Å². The van der Waals surface area contributed by atoms with Crippen LogP contribution in [0.25, 0.3) is 0 Å². The lowest BCUT2D eigenvalue weighted by Crippen LogP contribution is -2.44. The van der Waals surface area contributed by atoms with Gasteiger partial charge in [-0.3, -0.25) is 4.79 Å². The Morgan fingerprint density at radius 2 is 2.05 bits per heavy atom. The Hall–Kier alpha value is -1.62. The highest BCUT2D eigenvalue weighted by atomic mass is 19.1. The zero-order valence-electron chi connectivity index (χ0n) is 13.0. The number of para-hydroxylation sites is 1. The third-order valence-electron chi connectivity index (χ3n) is 4.08. The Bertz CT molecular complexity index is 496. The van der Waals surface area contributed by atoms with E-state index in [1.165, 1.54) is 6.07 Å². The molecule has 0 saturated carbocycles. The fourth-order valence-electron chi connectivity index (χ4n) is 2.81. The SMILES string of the molecule is CCNc1c(F)cccc1C(=O)N1CCC(N(C)C)CC1. The molecule has 1 aromatic rings. The number of amides is 1. The Balaban J connectivity index is 2.12. The molecule has 0 radical (unpaired) electrons. The molecule has 116 valence electrons. The summed E-state index contributed by atoms with van der Waals surface area (Å²) < 4.78 is 13.9. The van der Waals surface area contributed by atoms with E-state index in [0.29, 0.717) is 23.8 Å². The Kier molecular flexibility index (Phi) is 5.17. The highest BCUT2D eigenvalue weighted by Gasteiger charge is 2.26. The first kappa shape index (κ1) is 15.8. The maximum Gasteiger partial charge on any atom is 0.256 e. The van der Waals surface area contributed by atoms with Crippen molar-refractivity contribution in [3.63, 3.8) is 0 Å². The molecule has 4 nitrogen and oxygen atoms in total. The monoisotopic (exact) mass is 293 g/mol. The standard InChI is InChI=1S/C16H24FN3O/c1-4-18-15-13(6-5-7-14(15)17)16(21)20-10-8-12(9-11-20)19(2)3/h5-7,12,18H,4,8-11H2,1-3H3. The predicted octanol–water partition coefficient (Wildman–Crippen LogP) is 2.42. The van der Waals surface area contributed by atoms with Gasteiger partial charge >= 0.3 is 0 Å². The summed E-state index contributed by atoms with van der Waals surface area (Å²) in [5, 5.41) is 2.96. The predicted molar refractivity (Wildman–Crippen MR) is 83.2 cm³/mol. The molecule has 1 aromatic carbocycles. The Morgan fingerprint density at radius 3 is 2.62 bits per heavy atom. The van der Waals surface area contributed by atoms with Crippen LogP contribution in [0.3, 0.4) is 0 Å².